The molecule has 4 nitrogen and oxygen atoms in total. The van der Waals surface area contributed by atoms with Gasteiger partial charge in [0.15, 0.2) is 0 Å². The van der Waals surface area contributed by atoms with Crippen molar-refractivity contribution in [1.29, 1.82) is 0 Å². The number of carbonyl (C=O) groups is 1. The summed E-state index contributed by atoms with van der Waals surface area (Å²) in [5, 5.41) is 1.14. The lowest BCUT2D eigenvalue weighted by Gasteiger charge is -2.26. The van der Waals surface area contributed by atoms with Gasteiger partial charge in [0.2, 0.25) is 5.91 Å². The molecular formula is C20H19BrN2O2S. The topological polar surface area (TPSA) is 34.5 Å². The lowest BCUT2D eigenvalue weighted by molar-refractivity contribution is -0.131. The van der Waals surface area contributed by atoms with Crippen molar-refractivity contribution >= 4 is 44.5 Å². The van der Waals surface area contributed by atoms with Gasteiger partial charge in [-0.05, 0) is 35.7 Å². The molecule has 1 aromatic heterocycles. The first-order valence-electron chi connectivity index (χ1n) is 8.46. The molecule has 1 saturated heterocycles. The van der Waals surface area contributed by atoms with E-state index in [0.29, 0.717) is 6.54 Å². The SMILES string of the molecule is COc1ccc(Br)cc1C1SCCN1C(=O)Cn1ccc2ccccc21. The molecule has 0 spiro atoms. The molecule has 2 heterocycles. The number of benzene rings is 2. The number of ether oxygens (including phenoxy) is 1. The summed E-state index contributed by atoms with van der Waals surface area (Å²) in [6.45, 7) is 1.10. The summed E-state index contributed by atoms with van der Waals surface area (Å²) in [4.78, 5) is 15.0. The van der Waals surface area contributed by atoms with Crippen molar-refractivity contribution in [2.75, 3.05) is 19.4 Å². The molecule has 0 N–H and O–H groups in total. The molecule has 0 bridgehead atoms. The van der Waals surface area contributed by atoms with Gasteiger partial charge in [-0.25, -0.2) is 0 Å². The Hall–Kier alpha value is -1.92. The van der Waals surface area contributed by atoms with Gasteiger partial charge in [0.05, 0.1) is 7.11 Å². The Bertz CT molecular complexity index is 956. The third kappa shape index (κ3) is 3.23. The third-order valence-corrected chi connectivity index (χ3v) is 6.39. The Balaban J connectivity index is 1.60. The van der Waals surface area contributed by atoms with Crippen molar-refractivity contribution < 1.29 is 9.53 Å². The minimum absolute atomic E-state index is 0.0169. The number of nitrogens with zero attached hydrogens (tertiary/aromatic N) is 2. The fourth-order valence-electron chi connectivity index (χ4n) is 3.40. The Morgan fingerprint density at radius 3 is 2.96 bits per heavy atom. The molecule has 6 heteroatoms. The van der Waals surface area contributed by atoms with Crippen LogP contribution in [0.25, 0.3) is 10.9 Å². The van der Waals surface area contributed by atoms with Crippen LogP contribution in [0, 0.1) is 0 Å². The summed E-state index contributed by atoms with van der Waals surface area (Å²) < 4.78 is 8.54. The monoisotopic (exact) mass is 430 g/mol. The van der Waals surface area contributed by atoms with E-state index >= 15 is 0 Å². The maximum atomic E-state index is 13.1. The van der Waals surface area contributed by atoms with E-state index in [1.54, 1.807) is 18.9 Å². The van der Waals surface area contributed by atoms with Crippen LogP contribution in [0.4, 0.5) is 0 Å². The normalized spacial score (nSPS) is 17.0. The summed E-state index contributed by atoms with van der Waals surface area (Å²) in [5.74, 6) is 1.87. The van der Waals surface area contributed by atoms with Crippen LogP contribution in [0.15, 0.2) is 59.2 Å². The van der Waals surface area contributed by atoms with Gasteiger partial charge in [-0.2, -0.15) is 0 Å². The molecule has 0 radical (unpaired) electrons. The summed E-state index contributed by atoms with van der Waals surface area (Å²) in [5.41, 5.74) is 2.12. The van der Waals surface area contributed by atoms with E-state index in [1.165, 1.54) is 0 Å². The van der Waals surface area contributed by atoms with Gasteiger partial charge in [-0.15, -0.1) is 11.8 Å². The average molecular weight is 431 g/mol. The van der Waals surface area contributed by atoms with Crippen LogP contribution in [0.3, 0.4) is 0 Å². The molecule has 0 saturated carbocycles. The van der Waals surface area contributed by atoms with E-state index in [2.05, 4.69) is 34.1 Å². The fraction of sp³-hybridized carbons (Fsp3) is 0.250. The zero-order valence-electron chi connectivity index (χ0n) is 14.4. The number of rotatable bonds is 4. The van der Waals surface area contributed by atoms with E-state index in [0.717, 1.165) is 39.0 Å². The first-order valence-corrected chi connectivity index (χ1v) is 10.3. The summed E-state index contributed by atoms with van der Waals surface area (Å²) in [6, 6.07) is 16.1. The lowest BCUT2D eigenvalue weighted by Crippen LogP contribution is -2.33. The molecule has 1 aliphatic heterocycles. The molecule has 1 fully saturated rings. The minimum atomic E-state index is -0.0169. The molecule has 2 aromatic carbocycles. The van der Waals surface area contributed by atoms with Gasteiger partial charge in [0, 0.05) is 34.0 Å². The second-order valence-electron chi connectivity index (χ2n) is 6.20. The molecule has 1 aliphatic rings. The number of aromatic nitrogens is 1. The number of fused-ring (bicyclic) bond motifs is 1. The standard InChI is InChI=1S/C20H19BrN2O2S/c1-25-18-7-6-15(21)12-16(18)20-23(10-11-26-20)19(24)13-22-9-8-14-4-2-3-5-17(14)22/h2-9,12,20H,10-11,13H2,1H3. The summed E-state index contributed by atoms with van der Waals surface area (Å²) >= 11 is 5.31. The van der Waals surface area contributed by atoms with Crippen molar-refractivity contribution in [2.24, 2.45) is 0 Å². The van der Waals surface area contributed by atoms with Crippen LogP contribution in [0.5, 0.6) is 5.75 Å². The van der Waals surface area contributed by atoms with Gasteiger partial charge in [-0.1, -0.05) is 34.1 Å². The first kappa shape index (κ1) is 17.5. The maximum Gasteiger partial charge on any atom is 0.243 e. The Morgan fingerprint density at radius 2 is 2.12 bits per heavy atom. The van der Waals surface area contributed by atoms with Crippen LogP contribution in [0.1, 0.15) is 10.9 Å². The van der Waals surface area contributed by atoms with Gasteiger partial charge < -0.3 is 14.2 Å². The van der Waals surface area contributed by atoms with Crippen molar-refractivity contribution in [3.8, 4) is 5.75 Å². The zero-order chi connectivity index (χ0) is 18.1. The Labute approximate surface area is 165 Å². The first-order chi connectivity index (χ1) is 12.7. The second-order valence-corrected chi connectivity index (χ2v) is 8.30. The number of carbonyl (C=O) groups excluding carboxylic acids is 1. The predicted octanol–water partition coefficient (Wildman–Crippen LogP) is 4.69. The highest BCUT2D eigenvalue weighted by molar-refractivity contribution is 9.10. The number of amides is 1. The summed E-state index contributed by atoms with van der Waals surface area (Å²) in [7, 11) is 1.67. The van der Waals surface area contributed by atoms with Crippen molar-refractivity contribution in [2.45, 2.75) is 11.9 Å². The molecule has 0 aliphatic carbocycles. The van der Waals surface area contributed by atoms with E-state index in [4.69, 9.17) is 4.74 Å². The zero-order valence-corrected chi connectivity index (χ0v) is 16.8. The highest BCUT2D eigenvalue weighted by atomic mass is 79.9. The number of hydrogen-bond acceptors (Lipinski definition) is 3. The number of hydrogen-bond donors (Lipinski definition) is 0. The molecule has 1 unspecified atom stereocenters. The number of para-hydroxylation sites is 1. The van der Waals surface area contributed by atoms with E-state index < -0.39 is 0 Å². The highest BCUT2D eigenvalue weighted by Crippen LogP contribution is 2.43. The summed E-state index contributed by atoms with van der Waals surface area (Å²) in [6.07, 6.45) is 1.99. The van der Waals surface area contributed by atoms with Gasteiger partial charge in [0.25, 0.3) is 0 Å². The smallest absolute Gasteiger partial charge is 0.243 e. The van der Waals surface area contributed by atoms with Crippen LogP contribution in [0.2, 0.25) is 0 Å². The fourth-order valence-corrected chi connectivity index (χ4v) is 5.07. The molecule has 1 amide bonds. The van der Waals surface area contributed by atoms with Crippen LogP contribution >= 0.6 is 27.7 Å². The van der Waals surface area contributed by atoms with Gasteiger partial charge >= 0.3 is 0 Å². The lowest BCUT2D eigenvalue weighted by atomic mass is 10.2. The van der Waals surface area contributed by atoms with Crippen LogP contribution < -0.4 is 4.74 Å². The van der Waals surface area contributed by atoms with Crippen LogP contribution in [-0.4, -0.2) is 34.8 Å². The minimum Gasteiger partial charge on any atom is -0.496 e. The molecule has 3 aromatic rings. The van der Waals surface area contributed by atoms with E-state index in [1.807, 2.05) is 46.0 Å². The average Bonchev–Trinajstić information content (AvgIpc) is 3.29. The quantitative estimate of drug-likeness (QED) is 0.602. The molecular weight excluding hydrogens is 412 g/mol. The molecule has 134 valence electrons. The largest absolute Gasteiger partial charge is 0.496 e. The van der Waals surface area contributed by atoms with Gasteiger partial charge in [-0.3, -0.25) is 4.79 Å². The highest BCUT2D eigenvalue weighted by Gasteiger charge is 2.32. The number of methoxy groups -OCH3 is 1. The van der Waals surface area contributed by atoms with E-state index in [9.17, 15) is 4.79 Å². The van der Waals surface area contributed by atoms with E-state index in [-0.39, 0.29) is 11.3 Å². The second kappa shape index (κ2) is 7.37. The maximum absolute atomic E-state index is 13.1. The Kier molecular flexibility index (Phi) is 4.96. The van der Waals surface area contributed by atoms with Crippen molar-refractivity contribution in [3.63, 3.8) is 0 Å². The van der Waals surface area contributed by atoms with Crippen LogP contribution in [-0.2, 0) is 11.3 Å². The van der Waals surface area contributed by atoms with Gasteiger partial charge in [0.1, 0.15) is 17.7 Å². The molecule has 4 rings (SSSR count). The molecule has 1 atom stereocenters. The predicted molar refractivity (Wildman–Crippen MR) is 110 cm³/mol. The Morgan fingerprint density at radius 1 is 1.27 bits per heavy atom. The number of thioether (sulfide) groups is 1. The van der Waals surface area contributed by atoms with Crippen molar-refractivity contribution in [1.82, 2.24) is 9.47 Å². The van der Waals surface area contributed by atoms with Crippen molar-refractivity contribution in [3.05, 3.63) is 64.8 Å². The molecule has 26 heavy (non-hydrogen) atoms. The number of halogens is 1. The third-order valence-electron chi connectivity index (χ3n) is 4.65.